The van der Waals surface area contributed by atoms with E-state index in [1.165, 1.54) is 141 Å². The lowest BCUT2D eigenvalue weighted by atomic mass is 9.87. The lowest BCUT2D eigenvalue weighted by Crippen LogP contribution is -2.38. The number of aliphatic hydroxyl groups is 1. The van der Waals surface area contributed by atoms with Crippen molar-refractivity contribution in [3.05, 3.63) is 0 Å². The molecule has 0 saturated carbocycles. The summed E-state index contributed by atoms with van der Waals surface area (Å²) in [6, 6.07) is -0.435. The molecule has 73 heavy (non-hydrogen) atoms. The fraction of sp³-hybridized carbons (Fsp3) is 0.937. The topological polar surface area (TPSA) is 123 Å². The van der Waals surface area contributed by atoms with Crippen molar-refractivity contribution >= 4 is 23.7 Å². The molecule has 2 fully saturated rings. The summed E-state index contributed by atoms with van der Waals surface area (Å²) in [6.07, 6.45) is 43.0. The monoisotopic (exact) mass is 1030 g/mol. The van der Waals surface area contributed by atoms with Gasteiger partial charge in [0.25, 0.3) is 0 Å². The van der Waals surface area contributed by atoms with Crippen LogP contribution in [0.2, 0.25) is 0 Å². The van der Waals surface area contributed by atoms with Gasteiger partial charge in [0, 0.05) is 45.4 Å². The van der Waals surface area contributed by atoms with E-state index in [2.05, 4.69) is 37.5 Å². The highest BCUT2D eigenvalue weighted by molar-refractivity contribution is 5.78. The average molecular weight is 1030 g/mol. The van der Waals surface area contributed by atoms with Gasteiger partial charge in [-0.25, -0.2) is 0 Å². The third kappa shape index (κ3) is 34.4. The van der Waals surface area contributed by atoms with Crippen LogP contribution in [0.3, 0.4) is 0 Å². The zero-order chi connectivity index (χ0) is 53.2. The highest BCUT2D eigenvalue weighted by atomic mass is 16.6. The minimum absolute atomic E-state index is 0.0855. The molecule has 2 saturated heterocycles. The molecule has 0 spiro atoms. The number of ketones is 1. The minimum Gasteiger partial charge on any atom is -0.465 e. The number of ether oxygens (including phenoxy) is 3. The third-order valence-electron chi connectivity index (χ3n) is 16.4. The normalized spacial score (nSPS) is 17.0. The first-order chi connectivity index (χ1) is 35.4. The molecule has 0 aromatic carbocycles. The SMILES string of the molecule is CCCCCCCCC(CCCCCCCC)CC(=O)CCCCCCCOC(=O)[C@@H]1C[C@H](OC(=O)CCN2CCC(O)CC2)CN1CCCCCCC(C)(C)C(=O)OCCCC(CCCCC)CCCCC. The van der Waals surface area contributed by atoms with Gasteiger partial charge in [-0.05, 0) is 83.6 Å². The van der Waals surface area contributed by atoms with Gasteiger partial charge < -0.3 is 24.2 Å². The molecule has 428 valence electrons. The van der Waals surface area contributed by atoms with Crippen LogP contribution in [-0.4, -0.2) is 103 Å². The molecule has 2 aliphatic rings. The molecular weight excluding hydrogens is 913 g/mol. The Labute approximate surface area is 450 Å². The molecule has 0 bridgehead atoms. The predicted octanol–water partition coefficient (Wildman–Crippen LogP) is 15.9. The van der Waals surface area contributed by atoms with Crippen LogP contribution in [0.15, 0.2) is 0 Å². The fourth-order valence-electron chi connectivity index (χ4n) is 11.4. The largest absolute Gasteiger partial charge is 0.465 e. The Balaban J connectivity index is 1.77. The van der Waals surface area contributed by atoms with Gasteiger partial charge in [-0.1, -0.05) is 207 Å². The second-order valence-corrected chi connectivity index (χ2v) is 23.8. The number of Topliss-reactive ketones (excluding diaryl/α,β-unsaturated/α-hetero) is 1. The van der Waals surface area contributed by atoms with Gasteiger partial charge >= 0.3 is 17.9 Å². The number of carbonyl (C=O) groups excluding carboxylic acids is 4. The summed E-state index contributed by atoms with van der Waals surface area (Å²) in [5.74, 6) is 1.20. The predicted molar refractivity (Wildman–Crippen MR) is 303 cm³/mol. The minimum atomic E-state index is -0.514. The number of carbonyl (C=O) groups is 4. The van der Waals surface area contributed by atoms with Crippen LogP contribution in [-0.2, 0) is 33.4 Å². The van der Waals surface area contributed by atoms with Crippen LogP contribution in [0.5, 0.6) is 0 Å². The summed E-state index contributed by atoms with van der Waals surface area (Å²) < 4.78 is 17.7. The van der Waals surface area contributed by atoms with E-state index >= 15 is 0 Å². The molecule has 2 atom stereocenters. The Morgan fingerprint density at radius 2 is 1.04 bits per heavy atom. The maximum Gasteiger partial charge on any atom is 0.323 e. The van der Waals surface area contributed by atoms with Crippen molar-refractivity contribution in [2.75, 3.05) is 45.9 Å². The van der Waals surface area contributed by atoms with Crippen molar-refractivity contribution in [2.24, 2.45) is 17.3 Å². The number of nitrogens with zero attached hydrogens (tertiary/aromatic N) is 2. The van der Waals surface area contributed by atoms with Gasteiger partial charge in [0.15, 0.2) is 0 Å². The van der Waals surface area contributed by atoms with Crippen molar-refractivity contribution in [3.8, 4) is 0 Å². The quantitative estimate of drug-likeness (QED) is 0.0358. The molecule has 10 nitrogen and oxygen atoms in total. The molecule has 2 rings (SSSR count). The zero-order valence-corrected chi connectivity index (χ0v) is 48.8. The van der Waals surface area contributed by atoms with Crippen molar-refractivity contribution in [1.29, 1.82) is 0 Å². The van der Waals surface area contributed by atoms with E-state index < -0.39 is 11.5 Å². The van der Waals surface area contributed by atoms with Crippen molar-refractivity contribution in [3.63, 3.8) is 0 Å². The number of likely N-dealkylation sites (tertiary alicyclic amines) is 2. The fourth-order valence-corrected chi connectivity index (χ4v) is 11.4. The second kappa shape index (κ2) is 44.0. The summed E-state index contributed by atoms with van der Waals surface area (Å²) in [5.41, 5.74) is -0.514. The first-order valence-electron chi connectivity index (χ1n) is 31.6. The van der Waals surface area contributed by atoms with E-state index in [0.717, 1.165) is 122 Å². The Kier molecular flexibility index (Phi) is 40.4. The Hall–Kier alpha value is -2.04. The van der Waals surface area contributed by atoms with Gasteiger partial charge in [0.1, 0.15) is 17.9 Å². The Morgan fingerprint density at radius 1 is 0.548 bits per heavy atom. The van der Waals surface area contributed by atoms with Crippen molar-refractivity contribution < 1.29 is 38.5 Å². The summed E-state index contributed by atoms with van der Waals surface area (Å²) in [7, 11) is 0. The van der Waals surface area contributed by atoms with E-state index in [0.29, 0.717) is 57.3 Å². The maximum atomic E-state index is 13.6. The number of unbranched alkanes of at least 4 members (excludes halogenated alkanes) is 21. The number of rotatable bonds is 49. The van der Waals surface area contributed by atoms with Gasteiger partial charge in [-0.3, -0.25) is 24.1 Å². The number of piperidine rings is 1. The molecule has 0 unspecified atom stereocenters. The first-order valence-corrected chi connectivity index (χ1v) is 31.6. The number of aliphatic hydroxyl groups excluding tert-OH is 1. The van der Waals surface area contributed by atoms with Gasteiger partial charge in [0.2, 0.25) is 0 Å². The van der Waals surface area contributed by atoms with E-state index in [1.807, 2.05) is 13.8 Å². The molecule has 10 heteroatoms. The zero-order valence-electron chi connectivity index (χ0n) is 48.8. The molecule has 0 aromatic rings. The van der Waals surface area contributed by atoms with Crippen LogP contribution < -0.4 is 0 Å². The number of hydrogen-bond acceptors (Lipinski definition) is 10. The van der Waals surface area contributed by atoms with E-state index in [9.17, 15) is 24.3 Å². The summed E-state index contributed by atoms with van der Waals surface area (Å²) in [5, 5.41) is 9.87. The maximum absolute atomic E-state index is 13.6. The van der Waals surface area contributed by atoms with Crippen LogP contribution in [0, 0.1) is 17.3 Å². The summed E-state index contributed by atoms with van der Waals surface area (Å²) in [4.78, 5) is 57.3. The van der Waals surface area contributed by atoms with E-state index in [4.69, 9.17) is 14.2 Å². The second-order valence-electron chi connectivity index (χ2n) is 23.8. The molecule has 0 radical (unpaired) electrons. The Bertz CT molecular complexity index is 1340. The van der Waals surface area contributed by atoms with Crippen LogP contribution in [0.25, 0.3) is 0 Å². The molecule has 2 heterocycles. The molecule has 0 amide bonds. The molecule has 1 N–H and O–H groups in total. The van der Waals surface area contributed by atoms with Crippen LogP contribution >= 0.6 is 0 Å². The van der Waals surface area contributed by atoms with Gasteiger partial charge in [-0.15, -0.1) is 0 Å². The standard InChI is InChI=1S/C63H118N2O8/c1-7-11-15-17-20-28-37-55(38-29-21-18-16-12-8-2)51-57(67)40-30-22-19-25-33-49-71-61(69)59-52-58(73-60(68)43-48-64-46-41-56(66)42-47-64)53-65(59)45-32-24-23-31-44-63(5,6)62(70)72-50-34-39-54(35-26-13-9-3)36-27-14-10-4/h54-56,58-59,66H,7-53H2,1-6H3/t58-,59-/m0/s1. The lowest BCUT2D eigenvalue weighted by molar-refractivity contribution is -0.154. The number of esters is 3. The molecule has 0 aliphatic carbocycles. The average Bonchev–Trinajstić information content (AvgIpc) is 3.78. The summed E-state index contributed by atoms with van der Waals surface area (Å²) in [6.45, 7) is 17.4. The molecular formula is C63H118N2O8. The Morgan fingerprint density at radius 3 is 1.67 bits per heavy atom. The number of hydrogen-bond donors (Lipinski definition) is 1. The van der Waals surface area contributed by atoms with Crippen molar-refractivity contribution in [2.45, 2.75) is 317 Å². The smallest absolute Gasteiger partial charge is 0.323 e. The van der Waals surface area contributed by atoms with E-state index in [1.54, 1.807) is 0 Å². The van der Waals surface area contributed by atoms with E-state index in [-0.39, 0.29) is 30.1 Å². The lowest BCUT2D eigenvalue weighted by Gasteiger charge is -2.29. The highest BCUT2D eigenvalue weighted by Gasteiger charge is 2.39. The van der Waals surface area contributed by atoms with Crippen LogP contribution in [0.1, 0.15) is 298 Å². The first kappa shape index (κ1) is 67.1. The third-order valence-corrected chi connectivity index (χ3v) is 16.4. The van der Waals surface area contributed by atoms with Crippen molar-refractivity contribution in [1.82, 2.24) is 9.80 Å². The molecule has 0 aromatic heterocycles. The van der Waals surface area contributed by atoms with Gasteiger partial charge in [-0.2, -0.15) is 0 Å². The van der Waals surface area contributed by atoms with Gasteiger partial charge in [0.05, 0.1) is 31.2 Å². The van der Waals surface area contributed by atoms with Crippen LogP contribution in [0.4, 0.5) is 0 Å². The molecule has 2 aliphatic heterocycles. The summed E-state index contributed by atoms with van der Waals surface area (Å²) >= 11 is 0. The highest BCUT2D eigenvalue weighted by Crippen LogP contribution is 2.29.